The first-order valence-electron chi connectivity index (χ1n) is 6.70. The summed E-state index contributed by atoms with van der Waals surface area (Å²) in [4.78, 5) is 11.1. The van der Waals surface area contributed by atoms with Gasteiger partial charge >= 0.3 is 0 Å². The molecule has 0 N–H and O–H groups in total. The van der Waals surface area contributed by atoms with Gasteiger partial charge in [-0.25, -0.2) is 0 Å². The molecule has 0 heterocycles. The zero-order chi connectivity index (χ0) is 13.9. The Morgan fingerprint density at radius 1 is 1.05 bits per heavy atom. The Hall–Kier alpha value is -2.29. The monoisotopic (exact) mass is 268 g/mol. The van der Waals surface area contributed by atoms with Gasteiger partial charge in [-0.1, -0.05) is 18.2 Å². The fraction of sp³-hybridized carbons (Fsp3) is 0.235. The van der Waals surface area contributed by atoms with Gasteiger partial charge in [0.05, 0.1) is 18.8 Å². The van der Waals surface area contributed by atoms with E-state index in [0.717, 1.165) is 36.0 Å². The van der Waals surface area contributed by atoms with Crippen LogP contribution < -0.4 is 9.47 Å². The van der Waals surface area contributed by atoms with Crippen LogP contribution in [-0.4, -0.2) is 19.5 Å². The lowest BCUT2D eigenvalue weighted by atomic mass is 10.0. The Kier molecular flexibility index (Phi) is 3.42. The van der Waals surface area contributed by atoms with Crippen molar-refractivity contribution in [2.45, 2.75) is 18.9 Å². The number of benzene rings is 2. The molecule has 0 saturated heterocycles. The van der Waals surface area contributed by atoms with Crippen LogP contribution in [0.5, 0.6) is 11.5 Å². The number of methoxy groups -OCH3 is 1. The maximum atomic E-state index is 11.1. The summed E-state index contributed by atoms with van der Waals surface area (Å²) >= 11 is 0. The molecule has 0 atom stereocenters. The van der Waals surface area contributed by atoms with Gasteiger partial charge in [0.1, 0.15) is 11.5 Å². The van der Waals surface area contributed by atoms with Gasteiger partial charge in [0.15, 0.2) is 6.29 Å². The third kappa shape index (κ3) is 2.67. The summed E-state index contributed by atoms with van der Waals surface area (Å²) in [7, 11) is 1.56. The first kappa shape index (κ1) is 12.7. The van der Waals surface area contributed by atoms with Crippen LogP contribution in [0.2, 0.25) is 0 Å². The highest BCUT2D eigenvalue weighted by atomic mass is 16.5. The van der Waals surface area contributed by atoms with Crippen molar-refractivity contribution in [2.75, 3.05) is 7.11 Å². The van der Waals surface area contributed by atoms with Crippen molar-refractivity contribution in [1.29, 1.82) is 0 Å². The molecule has 1 saturated carbocycles. The maximum absolute atomic E-state index is 11.1. The minimum Gasteiger partial charge on any atom is -0.496 e. The van der Waals surface area contributed by atoms with Crippen molar-refractivity contribution in [3.63, 3.8) is 0 Å². The molecular formula is C17H16O3. The van der Waals surface area contributed by atoms with E-state index < -0.39 is 0 Å². The zero-order valence-corrected chi connectivity index (χ0v) is 11.3. The van der Waals surface area contributed by atoms with Crippen molar-refractivity contribution >= 4 is 6.29 Å². The average Bonchev–Trinajstić information content (AvgIpc) is 3.31. The maximum Gasteiger partial charge on any atom is 0.153 e. The summed E-state index contributed by atoms with van der Waals surface area (Å²) in [5.41, 5.74) is 2.60. The molecular weight excluding hydrogens is 252 g/mol. The molecule has 0 aromatic heterocycles. The molecule has 0 spiro atoms. The van der Waals surface area contributed by atoms with Crippen LogP contribution in [0.4, 0.5) is 0 Å². The third-order valence-corrected chi connectivity index (χ3v) is 3.37. The summed E-state index contributed by atoms with van der Waals surface area (Å²) in [5, 5.41) is 0. The predicted molar refractivity (Wildman–Crippen MR) is 77.5 cm³/mol. The van der Waals surface area contributed by atoms with Gasteiger partial charge < -0.3 is 9.47 Å². The van der Waals surface area contributed by atoms with E-state index in [1.54, 1.807) is 7.11 Å². The van der Waals surface area contributed by atoms with E-state index in [-0.39, 0.29) is 0 Å². The number of carbonyl (C=O) groups excluding carboxylic acids is 1. The molecule has 0 amide bonds. The molecule has 0 bridgehead atoms. The summed E-state index contributed by atoms with van der Waals surface area (Å²) in [5.74, 6) is 1.50. The highest BCUT2D eigenvalue weighted by Crippen LogP contribution is 2.30. The molecule has 0 unspecified atom stereocenters. The van der Waals surface area contributed by atoms with E-state index in [1.165, 1.54) is 0 Å². The van der Waals surface area contributed by atoms with Gasteiger partial charge in [-0.2, -0.15) is 0 Å². The van der Waals surface area contributed by atoms with Gasteiger partial charge in [0, 0.05) is 0 Å². The fourth-order valence-electron chi connectivity index (χ4n) is 2.11. The molecule has 0 radical (unpaired) electrons. The number of rotatable bonds is 5. The molecule has 102 valence electrons. The summed E-state index contributed by atoms with van der Waals surface area (Å²) < 4.78 is 10.9. The predicted octanol–water partition coefficient (Wildman–Crippen LogP) is 3.72. The van der Waals surface area contributed by atoms with E-state index in [4.69, 9.17) is 9.47 Å². The second-order valence-corrected chi connectivity index (χ2v) is 4.92. The highest BCUT2D eigenvalue weighted by Gasteiger charge is 2.23. The summed E-state index contributed by atoms with van der Waals surface area (Å²) in [6.45, 7) is 0. The largest absolute Gasteiger partial charge is 0.496 e. The Bertz CT molecular complexity index is 613. The lowest BCUT2D eigenvalue weighted by Gasteiger charge is -2.08. The van der Waals surface area contributed by atoms with Gasteiger partial charge in [-0.05, 0) is 48.2 Å². The molecule has 0 aliphatic heterocycles. The van der Waals surface area contributed by atoms with Crippen LogP contribution in [-0.2, 0) is 0 Å². The van der Waals surface area contributed by atoms with Gasteiger partial charge in [-0.3, -0.25) is 4.79 Å². The molecule has 2 aromatic carbocycles. The second kappa shape index (κ2) is 5.37. The molecule has 3 rings (SSSR count). The van der Waals surface area contributed by atoms with Crippen molar-refractivity contribution < 1.29 is 14.3 Å². The SMILES string of the molecule is COc1ccc(-c2ccc(OC3CC3)cc2)cc1C=O. The van der Waals surface area contributed by atoms with Crippen LogP contribution in [0.15, 0.2) is 42.5 Å². The lowest BCUT2D eigenvalue weighted by molar-refractivity contribution is 0.112. The lowest BCUT2D eigenvalue weighted by Crippen LogP contribution is -1.95. The second-order valence-electron chi connectivity index (χ2n) is 4.92. The number of hydrogen-bond donors (Lipinski definition) is 0. The van der Waals surface area contributed by atoms with Crippen LogP contribution in [0, 0.1) is 0 Å². The summed E-state index contributed by atoms with van der Waals surface area (Å²) in [6.07, 6.45) is 3.53. The Balaban J connectivity index is 1.85. The molecule has 1 aliphatic carbocycles. The number of hydrogen-bond acceptors (Lipinski definition) is 3. The van der Waals surface area contributed by atoms with Gasteiger partial charge in [0.25, 0.3) is 0 Å². The van der Waals surface area contributed by atoms with Crippen molar-refractivity contribution in [3.05, 3.63) is 48.0 Å². The highest BCUT2D eigenvalue weighted by molar-refractivity contribution is 5.83. The molecule has 2 aromatic rings. The topological polar surface area (TPSA) is 35.5 Å². The van der Waals surface area contributed by atoms with Gasteiger partial charge in [0.2, 0.25) is 0 Å². The van der Waals surface area contributed by atoms with Crippen molar-refractivity contribution in [2.24, 2.45) is 0 Å². The smallest absolute Gasteiger partial charge is 0.153 e. The first-order chi connectivity index (χ1) is 9.80. The normalized spacial score (nSPS) is 13.8. The molecule has 20 heavy (non-hydrogen) atoms. The molecule has 1 aliphatic rings. The minimum atomic E-state index is 0.406. The zero-order valence-electron chi connectivity index (χ0n) is 11.3. The van der Waals surface area contributed by atoms with Crippen molar-refractivity contribution in [1.82, 2.24) is 0 Å². The minimum absolute atomic E-state index is 0.406. The third-order valence-electron chi connectivity index (χ3n) is 3.37. The van der Waals surface area contributed by atoms with Gasteiger partial charge in [-0.15, -0.1) is 0 Å². The van der Waals surface area contributed by atoms with E-state index in [1.807, 2.05) is 42.5 Å². The quantitative estimate of drug-likeness (QED) is 0.775. The Morgan fingerprint density at radius 2 is 1.75 bits per heavy atom. The number of ether oxygens (including phenoxy) is 2. The Labute approximate surface area is 118 Å². The van der Waals surface area contributed by atoms with Crippen LogP contribution in [0.1, 0.15) is 23.2 Å². The molecule has 1 fully saturated rings. The fourth-order valence-corrected chi connectivity index (χ4v) is 2.11. The van der Waals surface area contributed by atoms with E-state index in [0.29, 0.717) is 17.4 Å². The number of aldehydes is 1. The molecule has 3 nitrogen and oxygen atoms in total. The molecule has 3 heteroatoms. The number of carbonyl (C=O) groups is 1. The van der Waals surface area contributed by atoms with E-state index in [2.05, 4.69) is 0 Å². The summed E-state index contributed by atoms with van der Waals surface area (Å²) in [6, 6.07) is 13.6. The van der Waals surface area contributed by atoms with Crippen molar-refractivity contribution in [3.8, 4) is 22.6 Å². The van der Waals surface area contributed by atoms with Crippen LogP contribution >= 0.6 is 0 Å². The Morgan fingerprint density at radius 3 is 2.35 bits per heavy atom. The van der Waals surface area contributed by atoms with E-state index >= 15 is 0 Å². The van der Waals surface area contributed by atoms with Crippen LogP contribution in [0.25, 0.3) is 11.1 Å². The van der Waals surface area contributed by atoms with Crippen LogP contribution in [0.3, 0.4) is 0 Å². The average molecular weight is 268 g/mol. The standard InChI is InChI=1S/C17H16O3/c1-19-17-9-4-13(10-14(17)11-18)12-2-5-15(6-3-12)20-16-7-8-16/h2-6,9-11,16H,7-8H2,1H3. The van der Waals surface area contributed by atoms with E-state index in [9.17, 15) is 4.79 Å². The first-order valence-corrected chi connectivity index (χ1v) is 6.70.